The molecule has 0 aliphatic carbocycles. The number of nitrogens with zero attached hydrogens (tertiary/aromatic N) is 2. The van der Waals surface area contributed by atoms with Gasteiger partial charge in [0.2, 0.25) is 0 Å². The Morgan fingerprint density at radius 2 is 0.606 bits per heavy atom. The fourth-order valence-corrected chi connectivity index (χ4v) is 5.56. The molecule has 0 saturated heterocycles. The fraction of sp³-hybridized carbons (Fsp3) is 0.226. The van der Waals surface area contributed by atoms with Crippen LogP contribution in [0.3, 0.4) is 0 Å². The number of aryl methyl sites for hydroxylation is 2. The Bertz CT molecular complexity index is 1330. The van der Waals surface area contributed by atoms with Gasteiger partial charge in [0.1, 0.15) is 0 Å². The van der Waals surface area contributed by atoms with E-state index >= 15 is 0 Å². The van der Waals surface area contributed by atoms with Crippen molar-refractivity contribution >= 4 is 43.6 Å². The van der Waals surface area contributed by atoms with E-state index in [0.29, 0.717) is 0 Å². The van der Waals surface area contributed by atoms with Crippen molar-refractivity contribution in [3.05, 3.63) is 97.1 Å². The van der Waals surface area contributed by atoms with Crippen LogP contribution in [-0.2, 0) is 13.1 Å². The van der Waals surface area contributed by atoms with Crippen LogP contribution < -0.4 is 0 Å². The number of unbranched alkanes of at least 4 members (excludes halogenated alkanes) is 4. The Hall–Kier alpha value is -3.52. The summed E-state index contributed by atoms with van der Waals surface area (Å²) >= 11 is 0. The molecule has 0 N–H and O–H groups in total. The van der Waals surface area contributed by atoms with Crippen LogP contribution in [0.15, 0.2) is 97.1 Å². The molecule has 6 aromatic rings. The van der Waals surface area contributed by atoms with Crippen LogP contribution in [0.25, 0.3) is 43.6 Å². The molecule has 4 aromatic carbocycles. The van der Waals surface area contributed by atoms with E-state index in [9.17, 15) is 0 Å². The van der Waals surface area contributed by atoms with Gasteiger partial charge >= 0.3 is 0 Å². The Morgan fingerprint density at radius 1 is 0.333 bits per heavy atom. The van der Waals surface area contributed by atoms with Gasteiger partial charge in [-0.3, -0.25) is 0 Å². The highest BCUT2D eigenvalue weighted by atomic mass is 15.0. The topological polar surface area (TPSA) is 9.86 Å². The minimum Gasteiger partial charge on any atom is -0.340 e. The lowest BCUT2D eigenvalue weighted by Crippen LogP contribution is -1.99. The maximum Gasteiger partial charge on any atom is 0.0491 e. The normalized spacial score (nSPS) is 11.9. The standard InChI is InChI=1S/C31H30N2/c1(2-12-22-32-28-18-8-4-14-24(28)25-15-5-9-19-29(25)32)3-13-23-33-30-20-10-6-16-26(30)27-17-7-11-21-31(27)33/h4-11,14-21H,1-3,12-13,22-23H2. The number of hydrogen-bond acceptors (Lipinski definition) is 0. The van der Waals surface area contributed by atoms with Crippen LogP contribution in [0.2, 0.25) is 0 Å². The second kappa shape index (κ2) is 8.78. The van der Waals surface area contributed by atoms with Gasteiger partial charge in [0, 0.05) is 56.7 Å². The Morgan fingerprint density at radius 3 is 0.939 bits per heavy atom. The molecule has 0 fully saturated rings. The van der Waals surface area contributed by atoms with E-state index in [4.69, 9.17) is 0 Å². The first kappa shape index (κ1) is 20.1. The third-order valence-corrected chi connectivity index (χ3v) is 7.12. The summed E-state index contributed by atoms with van der Waals surface area (Å²) in [7, 11) is 0. The Balaban J connectivity index is 1.08. The second-order valence-corrected chi connectivity index (χ2v) is 9.14. The molecule has 33 heavy (non-hydrogen) atoms. The molecule has 0 aliphatic heterocycles. The first-order chi connectivity index (χ1) is 16.4. The molecule has 2 heterocycles. The van der Waals surface area contributed by atoms with E-state index < -0.39 is 0 Å². The summed E-state index contributed by atoms with van der Waals surface area (Å²) in [5, 5.41) is 5.50. The predicted molar refractivity (Wildman–Crippen MR) is 142 cm³/mol. The molecule has 2 nitrogen and oxygen atoms in total. The first-order valence-electron chi connectivity index (χ1n) is 12.3. The molecule has 0 aliphatic rings. The molecule has 6 rings (SSSR count). The van der Waals surface area contributed by atoms with Crippen LogP contribution in [-0.4, -0.2) is 9.13 Å². The van der Waals surface area contributed by atoms with Crippen LogP contribution >= 0.6 is 0 Å². The molecule has 0 atom stereocenters. The van der Waals surface area contributed by atoms with Gasteiger partial charge in [0.05, 0.1) is 0 Å². The smallest absolute Gasteiger partial charge is 0.0491 e. The van der Waals surface area contributed by atoms with Crippen molar-refractivity contribution in [3.8, 4) is 0 Å². The minimum atomic E-state index is 1.10. The lowest BCUT2D eigenvalue weighted by molar-refractivity contribution is 0.551. The van der Waals surface area contributed by atoms with E-state index in [2.05, 4.69) is 106 Å². The summed E-state index contributed by atoms with van der Waals surface area (Å²) in [6.07, 6.45) is 6.34. The summed E-state index contributed by atoms with van der Waals surface area (Å²) in [5.74, 6) is 0. The maximum absolute atomic E-state index is 2.52. The van der Waals surface area contributed by atoms with Gasteiger partial charge in [-0.2, -0.15) is 0 Å². The van der Waals surface area contributed by atoms with Crippen molar-refractivity contribution in [1.29, 1.82) is 0 Å². The quantitative estimate of drug-likeness (QED) is 0.214. The number of para-hydroxylation sites is 4. The zero-order valence-corrected chi connectivity index (χ0v) is 19.1. The monoisotopic (exact) mass is 430 g/mol. The Labute approximate surface area is 195 Å². The summed E-state index contributed by atoms with van der Waals surface area (Å²) < 4.78 is 5.03. The summed E-state index contributed by atoms with van der Waals surface area (Å²) in [6.45, 7) is 2.20. The summed E-state index contributed by atoms with van der Waals surface area (Å²) in [4.78, 5) is 0. The minimum absolute atomic E-state index is 1.10. The molecular weight excluding hydrogens is 400 g/mol. The van der Waals surface area contributed by atoms with Gasteiger partial charge in [-0.25, -0.2) is 0 Å². The van der Waals surface area contributed by atoms with Crippen molar-refractivity contribution in [2.75, 3.05) is 0 Å². The van der Waals surface area contributed by atoms with Crippen LogP contribution in [0, 0.1) is 0 Å². The van der Waals surface area contributed by atoms with E-state index in [-0.39, 0.29) is 0 Å². The van der Waals surface area contributed by atoms with Crippen molar-refractivity contribution in [3.63, 3.8) is 0 Å². The molecule has 2 aromatic heterocycles. The molecular formula is C31H30N2. The van der Waals surface area contributed by atoms with Crippen LogP contribution in [0.1, 0.15) is 32.1 Å². The highest BCUT2D eigenvalue weighted by molar-refractivity contribution is 6.08. The van der Waals surface area contributed by atoms with E-state index in [1.165, 1.54) is 75.7 Å². The van der Waals surface area contributed by atoms with E-state index in [1.54, 1.807) is 0 Å². The SMILES string of the molecule is c1ccc2c(c1)c1ccccc1n2CCCCCCCn1c2ccccc2c2ccccc21. The molecule has 0 unspecified atom stereocenters. The highest BCUT2D eigenvalue weighted by Crippen LogP contribution is 2.30. The summed E-state index contributed by atoms with van der Waals surface area (Å²) in [6, 6.07) is 35.3. The van der Waals surface area contributed by atoms with Crippen molar-refractivity contribution in [1.82, 2.24) is 9.13 Å². The van der Waals surface area contributed by atoms with E-state index in [0.717, 1.165) is 13.1 Å². The predicted octanol–water partition coefficient (Wildman–Crippen LogP) is 8.55. The molecule has 0 radical (unpaired) electrons. The van der Waals surface area contributed by atoms with Crippen molar-refractivity contribution in [2.45, 2.75) is 45.2 Å². The highest BCUT2D eigenvalue weighted by Gasteiger charge is 2.10. The molecule has 0 bridgehead atoms. The molecule has 0 saturated carbocycles. The average molecular weight is 431 g/mol. The van der Waals surface area contributed by atoms with Crippen LogP contribution in [0.5, 0.6) is 0 Å². The molecule has 0 amide bonds. The number of benzene rings is 4. The van der Waals surface area contributed by atoms with Crippen molar-refractivity contribution < 1.29 is 0 Å². The van der Waals surface area contributed by atoms with Gasteiger partial charge in [-0.05, 0) is 37.1 Å². The summed E-state index contributed by atoms with van der Waals surface area (Å²) in [5.41, 5.74) is 5.46. The van der Waals surface area contributed by atoms with Gasteiger partial charge in [0.15, 0.2) is 0 Å². The Kier molecular flexibility index (Phi) is 5.35. The fourth-order valence-electron chi connectivity index (χ4n) is 5.56. The number of hydrogen-bond donors (Lipinski definition) is 0. The van der Waals surface area contributed by atoms with Crippen LogP contribution in [0.4, 0.5) is 0 Å². The number of fused-ring (bicyclic) bond motifs is 6. The van der Waals surface area contributed by atoms with Gasteiger partial charge < -0.3 is 9.13 Å². The average Bonchev–Trinajstić information content (AvgIpc) is 3.37. The van der Waals surface area contributed by atoms with Gasteiger partial charge in [-0.15, -0.1) is 0 Å². The largest absolute Gasteiger partial charge is 0.340 e. The van der Waals surface area contributed by atoms with Crippen molar-refractivity contribution in [2.24, 2.45) is 0 Å². The zero-order valence-electron chi connectivity index (χ0n) is 19.1. The molecule has 0 spiro atoms. The van der Waals surface area contributed by atoms with Gasteiger partial charge in [0.25, 0.3) is 0 Å². The maximum atomic E-state index is 2.52. The lowest BCUT2D eigenvalue weighted by atomic mass is 10.1. The lowest BCUT2D eigenvalue weighted by Gasteiger charge is -2.09. The van der Waals surface area contributed by atoms with E-state index in [1.807, 2.05) is 0 Å². The number of aromatic nitrogens is 2. The third-order valence-electron chi connectivity index (χ3n) is 7.12. The molecule has 164 valence electrons. The zero-order chi connectivity index (χ0) is 22.0. The van der Waals surface area contributed by atoms with Gasteiger partial charge in [-0.1, -0.05) is 92.1 Å². The third kappa shape index (κ3) is 3.60. The molecule has 2 heteroatoms. The number of rotatable bonds is 8. The first-order valence-corrected chi connectivity index (χ1v) is 12.3. The second-order valence-electron chi connectivity index (χ2n) is 9.14.